The molecule has 0 heterocycles. The number of ether oxygens (including phenoxy) is 2. The van der Waals surface area contributed by atoms with Crippen LogP contribution < -0.4 is 4.89 Å². The Morgan fingerprint density at radius 1 is 0.548 bits per heavy atom. The maximum absolute atomic E-state index is 12.7. The van der Waals surface area contributed by atoms with Gasteiger partial charge in [-0.25, -0.2) is 0 Å². The number of rotatable bonds is 43. The predicted molar refractivity (Wildman–Crippen MR) is 255 cm³/mol. The van der Waals surface area contributed by atoms with Gasteiger partial charge in [0.1, 0.15) is 19.8 Å². The number of hydrogen-bond donors (Lipinski definition) is 1. The summed E-state index contributed by atoms with van der Waals surface area (Å²) in [5.41, 5.74) is 0. The topological polar surface area (TPSA) is 131 Å². The molecule has 0 rings (SSSR count). The SMILES string of the molecule is CCCCCC/C=C\C/C=C\C/C=C\CCCCCCCCC(=O)O[C@H](COC(=O)CCC/C=C\C/C=C\C/C=C\C/C=C\CCCCCO)COP(=O)([O-])OCC[N+](C)(C)C. The molecule has 0 aliphatic rings. The van der Waals surface area contributed by atoms with Crippen molar-refractivity contribution in [1.82, 2.24) is 0 Å². The van der Waals surface area contributed by atoms with Crippen molar-refractivity contribution < 1.29 is 47.2 Å². The van der Waals surface area contributed by atoms with E-state index in [1.807, 2.05) is 27.2 Å². The Bertz CT molecular complexity index is 1330. The van der Waals surface area contributed by atoms with Crippen LogP contribution in [0, 0.1) is 0 Å². The van der Waals surface area contributed by atoms with Gasteiger partial charge in [0, 0.05) is 19.4 Å². The van der Waals surface area contributed by atoms with Crippen LogP contribution in [0.15, 0.2) is 85.1 Å². The summed E-state index contributed by atoms with van der Waals surface area (Å²) in [5, 5.41) is 8.81. The van der Waals surface area contributed by atoms with Gasteiger partial charge in [0.15, 0.2) is 6.10 Å². The van der Waals surface area contributed by atoms with E-state index < -0.39 is 32.5 Å². The van der Waals surface area contributed by atoms with Gasteiger partial charge in [0.2, 0.25) is 0 Å². The van der Waals surface area contributed by atoms with Gasteiger partial charge >= 0.3 is 11.9 Å². The van der Waals surface area contributed by atoms with Gasteiger partial charge in [-0.15, -0.1) is 0 Å². The van der Waals surface area contributed by atoms with Crippen LogP contribution >= 0.6 is 7.82 Å². The molecule has 0 spiro atoms. The average molecular weight is 890 g/mol. The molecule has 0 aliphatic carbocycles. The zero-order chi connectivity index (χ0) is 45.7. The summed E-state index contributed by atoms with van der Waals surface area (Å²) in [6.07, 6.45) is 53.4. The molecule has 1 N–H and O–H groups in total. The lowest BCUT2D eigenvalue weighted by Gasteiger charge is -2.28. The number of phosphoric acid groups is 1. The van der Waals surface area contributed by atoms with Crippen molar-refractivity contribution in [3.05, 3.63) is 85.1 Å². The third-order valence-corrected chi connectivity index (χ3v) is 10.7. The van der Waals surface area contributed by atoms with Crippen molar-refractivity contribution in [3.63, 3.8) is 0 Å². The fourth-order valence-electron chi connectivity index (χ4n) is 5.93. The van der Waals surface area contributed by atoms with E-state index in [0.717, 1.165) is 96.3 Å². The lowest BCUT2D eigenvalue weighted by atomic mass is 10.1. The largest absolute Gasteiger partial charge is 0.756 e. The summed E-state index contributed by atoms with van der Waals surface area (Å²) < 4.78 is 33.9. The van der Waals surface area contributed by atoms with Crippen molar-refractivity contribution in [2.45, 2.75) is 174 Å². The number of hydrogen-bond acceptors (Lipinski definition) is 9. The molecule has 0 bridgehead atoms. The molecule has 11 heteroatoms. The van der Waals surface area contributed by atoms with Crippen molar-refractivity contribution >= 4 is 19.8 Å². The highest BCUT2D eigenvalue weighted by Crippen LogP contribution is 2.38. The smallest absolute Gasteiger partial charge is 0.306 e. The van der Waals surface area contributed by atoms with Gasteiger partial charge in [0.05, 0.1) is 27.7 Å². The Morgan fingerprint density at radius 3 is 1.45 bits per heavy atom. The first-order valence-corrected chi connectivity index (χ1v) is 25.4. The van der Waals surface area contributed by atoms with Crippen molar-refractivity contribution in [2.75, 3.05) is 54.1 Å². The molecule has 356 valence electrons. The van der Waals surface area contributed by atoms with Gasteiger partial charge in [0.25, 0.3) is 7.82 Å². The second-order valence-electron chi connectivity index (χ2n) is 16.8. The zero-order valence-electron chi connectivity index (χ0n) is 39.5. The number of phosphoric ester groups is 1. The molecule has 0 aliphatic heterocycles. The Hall–Kier alpha value is -2.85. The van der Waals surface area contributed by atoms with Crippen LogP contribution in [-0.2, 0) is 32.7 Å². The lowest BCUT2D eigenvalue weighted by Crippen LogP contribution is -2.37. The molecule has 2 atom stereocenters. The summed E-state index contributed by atoms with van der Waals surface area (Å²) in [5.74, 6) is -0.935. The van der Waals surface area contributed by atoms with Crippen molar-refractivity contribution in [1.29, 1.82) is 0 Å². The van der Waals surface area contributed by atoms with E-state index >= 15 is 0 Å². The molecular formula is C51H88NO9P. The molecular weight excluding hydrogens is 802 g/mol. The second kappa shape index (κ2) is 43.4. The van der Waals surface area contributed by atoms with Crippen LogP contribution in [0.4, 0.5) is 0 Å². The Kier molecular flexibility index (Phi) is 41.4. The lowest BCUT2D eigenvalue weighted by molar-refractivity contribution is -0.870. The van der Waals surface area contributed by atoms with Gasteiger partial charge in [-0.05, 0) is 96.3 Å². The molecule has 0 aromatic rings. The fourth-order valence-corrected chi connectivity index (χ4v) is 6.65. The highest BCUT2D eigenvalue weighted by Gasteiger charge is 2.21. The summed E-state index contributed by atoms with van der Waals surface area (Å²) >= 11 is 0. The maximum Gasteiger partial charge on any atom is 0.306 e. The molecule has 0 saturated carbocycles. The number of likely N-dealkylation sites (N-methyl/N-ethyl adjacent to an activating group) is 1. The van der Waals surface area contributed by atoms with Crippen LogP contribution in [0.25, 0.3) is 0 Å². The molecule has 1 unspecified atom stereocenters. The third-order valence-electron chi connectivity index (χ3n) is 9.69. The van der Waals surface area contributed by atoms with Gasteiger partial charge in [-0.3, -0.25) is 14.2 Å². The Morgan fingerprint density at radius 2 is 0.968 bits per heavy atom. The number of carbonyl (C=O) groups is 2. The van der Waals surface area contributed by atoms with Gasteiger partial charge < -0.3 is 33.0 Å². The van der Waals surface area contributed by atoms with Crippen LogP contribution in [0.1, 0.15) is 167 Å². The van der Waals surface area contributed by atoms with Crippen LogP contribution in [0.2, 0.25) is 0 Å². The maximum atomic E-state index is 12.7. The number of carbonyl (C=O) groups excluding carboxylic acids is 2. The molecule has 0 saturated heterocycles. The highest BCUT2D eigenvalue weighted by molar-refractivity contribution is 7.45. The molecule has 0 aromatic heterocycles. The number of unbranched alkanes of at least 4 members (excludes halogenated alkanes) is 14. The monoisotopic (exact) mass is 890 g/mol. The van der Waals surface area contributed by atoms with Crippen LogP contribution in [-0.4, -0.2) is 81.7 Å². The van der Waals surface area contributed by atoms with Gasteiger partial charge in [-0.1, -0.05) is 143 Å². The minimum Gasteiger partial charge on any atom is -0.756 e. The van der Waals surface area contributed by atoms with E-state index in [1.54, 1.807) is 0 Å². The zero-order valence-corrected chi connectivity index (χ0v) is 40.4. The number of aliphatic hydroxyl groups excluding tert-OH is 1. The minimum absolute atomic E-state index is 0.0513. The molecule has 0 radical (unpaired) electrons. The Labute approximate surface area is 378 Å². The number of nitrogens with zero attached hydrogens (tertiary/aromatic N) is 1. The van der Waals surface area contributed by atoms with E-state index in [1.165, 1.54) is 32.1 Å². The standard InChI is InChI=1S/C51H88NO9P/c1-5-6-7-8-9-10-11-12-13-14-15-16-18-22-25-28-31-34-37-40-43-51(55)61-49(48-60-62(56,57)59-46-44-52(2,3)4)47-58-50(54)42-39-36-33-30-27-24-21-19-17-20-23-26-29-32-35-38-41-45-53/h10-11,13-14,16-18,20-21,24,26,29-30,33,49,53H,5-9,12,15,19,22-23,25,27-28,31-32,34-48H2,1-4H3/b11-10-,14-13-,18-16-,20-17-,24-21-,29-26-,33-30-/t49-/m1/s1. The van der Waals surface area contributed by atoms with Gasteiger partial charge in [-0.2, -0.15) is 0 Å². The number of quaternary nitrogens is 1. The summed E-state index contributed by atoms with van der Waals surface area (Å²) in [7, 11) is 1.10. The minimum atomic E-state index is -4.66. The number of esters is 2. The van der Waals surface area contributed by atoms with Crippen LogP contribution in [0.5, 0.6) is 0 Å². The average Bonchev–Trinajstić information content (AvgIpc) is 3.23. The quantitative estimate of drug-likeness (QED) is 0.0209. The highest BCUT2D eigenvalue weighted by atomic mass is 31.2. The van der Waals surface area contributed by atoms with E-state index in [2.05, 4.69) is 85.9 Å². The van der Waals surface area contributed by atoms with E-state index in [-0.39, 0.29) is 32.7 Å². The first-order valence-electron chi connectivity index (χ1n) is 23.9. The number of allylic oxidation sites excluding steroid dienone is 14. The Balaban J connectivity index is 4.44. The summed E-state index contributed by atoms with van der Waals surface area (Å²) in [6, 6.07) is 0. The van der Waals surface area contributed by atoms with E-state index in [4.69, 9.17) is 23.6 Å². The molecule has 62 heavy (non-hydrogen) atoms. The first-order chi connectivity index (χ1) is 30.0. The van der Waals surface area contributed by atoms with E-state index in [9.17, 15) is 19.0 Å². The fraction of sp³-hybridized carbons (Fsp3) is 0.686. The first kappa shape index (κ1) is 59.1. The molecule has 0 fully saturated rings. The normalized spacial score (nSPS) is 14.2. The molecule has 10 nitrogen and oxygen atoms in total. The third kappa shape index (κ3) is 46.6. The van der Waals surface area contributed by atoms with Crippen LogP contribution in [0.3, 0.4) is 0 Å². The summed E-state index contributed by atoms with van der Waals surface area (Å²) in [4.78, 5) is 37.6. The summed E-state index contributed by atoms with van der Waals surface area (Å²) in [6.45, 7) is 2.12. The second-order valence-corrected chi connectivity index (χ2v) is 18.2. The molecule has 0 aromatic carbocycles. The van der Waals surface area contributed by atoms with Crippen molar-refractivity contribution in [3.8, 4) is 0 Å². The van der Waals surface area contributed by atoms with E-state index in [0.29, 0.717) is 30.3 Å². The van der Waals surface area contributed by atoms with Crippen molar-refractivity contribution in [2.24, 2.45) is 0 Å². The molecule has 0 amide bonds. The predicted octanol–water partition coefficient (Wildman–Crippen LogP) is 12.3. The number of aliphatic hydroxyl groups is 1.